The Morgan fingerprint density at radius 1 is 1.17 bits per heavy atom. The molecule has 0 radical (unpaired) electrons. The van der Waals surface area contributed by atoms with Crippen molar-refractivity contribution in [1.29, 1.82) is 5.26 Å². The maximum absolute atomic E-state index is 12.3. The lowest BCUT2D eigenvalue weighted by Crippen LogP contribution is -2.13. The third kappa shape index (κ3) is 4.61. The van der Waals surface area contributed by atoms with Gasteiger partial charge in [-0.25, -0.2) is 0 Å². The van der Waals surface area contributed by atoms with Crippen LogP contribution in [-0.4, -0.2) is 15.5 Å². The van der Waals surface area contributed by atoms with Gasteiger partial charge in [-0.05, 0) is 41.8 Å². The van der Waals surface area contributed by atoms with Crippen LogP contribution in [0.2, 0.25) is 0 Å². The smallest absolute Gasteiger partial charge is 0.313 e. The first-order chi connectivity index (χ1) is 11.5. The van der Waals surface area contributed by atoms with E-state index in [-0.39, 0.29) is 11.5 Å². The van der Waals surface area contributed by atoms with Crippen LogP contribution in [0.25, 0.3) is 0 Å². The zero-order valence-corrected chi connectivity index (χ0v) is 14.0. The van der Waals surface area contributed by atoms with Crippen molar-refractivity contribution in [3.8, 4) is 17.6 Å². The highest BCUT2D eigenvalue weighted by Gasteiger charge is 2.17. The summed E-state index contributed by atoms with van der Waals surface area (Å²) in [6.45, 7) is 3.66. The Hall–Kier alpha value is -2.78. The highest BCUT2D eigenvalue weighted by Crippen LogP contribution is 2.30. The summed E-state index contributed by atoms with van der Waals surface area (Å²) in [5.41, 5.74) is 1.82. The number of allylic oxidation sites excluding steroid dienone is 1. The van der Waals surface area contributed by atoms with Gasteiger partial charge in [-0.3, -0.25) is 0 Å². The second kappa shape index (κ2) is 7.66. The second-order valence-corrected chi connectivity index (χ2v) is 6.65. The Morgan fingerprint density at radius 2 is 1.96 bits per heavy atom. The molecule has 24 heavy (non-hydrogen) atoms. The van der Waals surface area contributed by atoms with Crippen molar-refractivity contribution in [3.63, 3.8) is 0 Å². The molecular formula is C18H17NO4S. The van der Waals surface area contributed by atoms with E-state index in [2.05, 4.69) is 6.58 Å². The van der Waals surface area contributed by atoms with Gasteiger partial charge in [0.15, 0.2) is 11.5 Å². The number of methoxy groups -OCH3 is 1. The Morgan fingerprint density at radius 3 is 2.62 bits per heavy atom. The molecule has 2 rings (SSSR count). The molecule has 0 fully saturated rings. The number of benzene rings is 2. The quantitative estimate of drug-likeness (QED) is 0.570. The van der Waals surface area contributed by atoms with Crippen molar-refractivity contribution in [2.24, 2.45) is 0 Å². The van der Waals surface area contributed by atoms with Crippen LogP contribution in [0.4, 0.5) is 0 Å². The zero-order chi connectivity index (χ0) is 17.6. The van der Waals surface area contributed by atoms with Gasteiger partial charge in [-0.1, -0.05) is 24.3 Å². The summed E-state index contributed by atoms with van der Waals surface area (Å²) in [5, 5.41) is 8.88. The van der Waals surface area contributed by atoms with Gasteiger partial charge in [0.25, 0.3) is 0 Å². The Bertz CT molecular complexity index is 882. The van der Waals surface area contributed by atoms with E-state index in [9.17, 15) is 8.42 Å². The van der Waals surface area contributed by atoms with Gasteiger partial charge in [0.05, 0.1) is 18.7 Å². The van der Waals surface area contributed by atoms with E-state index in [4.69, 9.17) is 14.2 Å². The van der Waals surface area contributed by atoms with Crippen molar-refractivity contribution in [1.82, 2.24) is 0 Å². The van der Waals surface area contributed by atoms with E-state index in [0.717, 1.165) is 5.56 Å². The normalized spacial score (nSPS) is 10.7. The first-order valence-electron chi connectivity index (χ1n) is 7.16. The highest BCUT2D eigenvalue weighted by molar-refractivity contribution is 7.86. The fraction of sp³-hybridized carbons (Fsp3) is 0.167. The van der Waals surface area contributed by atoms with Gasteiger partial charge in [0, 0.05) is 0 Å². The average Bonchev–Trinajstić information content (AvgIpc) is 2.56. The monoisotopic (exact) mass is 343 g/mol. The van der Waals surface area contributed by atoms with Crippen LogP contribution in [0.15, 0.2) is 55.1 Å². The van der Waals surface area contributed by atoms with Crippen molar-refractivity contribution in [2.75, 3.05) is 7.11 Å². The Kier molecular flexibility index (Phi) is 5.61. The maximum atomic E-state index is 12.3. The molecule has 0 amide bonds. The molecular weight excluding hydrogens is 326 g/mol. The minimum absolute atomic E-state index is 0.127. The third-order valence-electron chi connectivity index (χ3n) is 3.22. The van der Waals surface area contributed by atoms with E-state index in [0.29, 0.717) is 23.3 Å². The summed E-state index contributed by atoms with van der Waals surface area (Å²) in [6.07, 6.45) is 2.39. The largest absolute Gasteiger partial charge is 0.493 e. The van der Waals surface area contributed by atoms with E-state index >= 15 is 0 Å². The number of hydrogen-bond acceptors (Lipinski definition) is 5. The van der Waals surface area contributed by atoms with Crippen LogP contribution in [0.5, 0.6) is 11.5 Å². The SMILES string of the molecule is C=CCc1ccc(OS(=O)(=O)Cc2cccc(C#N)c2)c(OC)c1. The lowest BCUT2D eigenvalue weighted by molar-refractivity contribution is 0.390. The fourth-order valence-corrected chi connectivity index (χ4v) is 3.23. The van der Waals surface area contributed by atoms with Crippen molar-refractivity contribution >= 4 is 10.1 Å². The predicted molar refractivity (Wildman–Crippen MR) is 91.3 cm³/mol. The summed E-state index contributed by atoms with van der Waals surface area (Å²) in [7, 11) is -2.43. The zero-order valence-electron chi connectivity index (χ0n) is 13.2. The van der Waals surface area contributed by atoms with Crippen LogP contribution in [-0.2, 0) is 22.3 Å². The summed E-state index contributed by atoms with van der Waals surface area (Å²) in [5.74, 6) is 0.130. The molecule has 0 spiro atoms. The van der Waals surface area contributed by atoms with Crippen molar-refractivity contribution in [2.45, 2.75) is 12.2 Å². The van der Waals surface area contributed by atoms with E-state index in [1.807, 2.05) is 6.07 Å². The van der Waals surface area contributed by atoms with Crippen LogP contribution in [0.3, 0.4) is 0 Å². The number of ether oxygens (including phenoxy) is 1. The molecule has 0 saturated carbocycles. The lowest BCUT2D eigenvalue weighted by atomic mass is 10.1. The van der Waals surface area contributed by atoms with E-state index in [1.54, 1.807) is 42.5 Å². The lowest BCUT2D eigenvalue weighted by Gasteiger charge is -2.12. The summed E-state index contributed by atoms with van der Waals surface area (Å²) in [4.78, 5) is 0. The fourth-order valence-electron chi connectivity index (χ4n) is 2.18. The molecule has 0 heterocycles. The van der Waals surface area contributed by atoms with E-state index < -0.39 is 10.1 Å². The first-order valence-corrected chi connectivity index (χ1v) is 8.74. The van der Waals surface area contributed by atoms with Gasteiger partial charge < -0.3 is 8.92 Å². The Labute approximate surface area is 141 Å². The summed E-state index contributed by atoms with van der Waals surface area (Å²) in [6, 6.07) is 13.4. The molecule has 0 N–H and O–H groups in total. The van der Waals surface area contributed by atoms with Gasteiger partial charge in [0.1, 0.15) is 5.75 Å². The molecule has 5 nitrogen and oxygen atoms in total. The van der Waals surface area contributed by atoms with Crippen LogP contribution >= 0.6 is 0 Å². The molecule has 0 aliphatic heterocycles. The molecule has 2 aromatic carbocycles. The minimum Gasteiger partial charge on any atom is -0.493 e. The molecule has 0 bridgehead atoms. The molecule has 0 aliphatic rings. The molecule has 6 heteroatoms. The van der Waals surface area contributed by atoms with Gasteiger partial charge in [-0.15, -0.1) is 6.58 Å². The van der Waals surface area contributed by atoms with Crippen molar-refractivity contribution < 1.29 is 17.3 Å². The second-order valence-electron chi connectivity index (χ2n) is 5.08. The van der Waals surface area contributed by atoms with Crippen molar-refractivity contribution in [3.05, 3.63) is 71.8 Å². The molecule has 2 aromatic rings. The number of rotatable bonds is 7. The molecule has 0 saturated heterocycles. The van der Waals surface area contributed by atoms with Crippen LogP contribution in [0.1, 0.15) is 16.7 Å². The minimum atomic E-state index is -3.88. The maximum Gasteiger partial charge on any atom is 0.313 e. The number of hydrogen-bond donors (Lipinski definition) is 0. The number of nitrogens with zero attached hydrogens (tertiary/aromatic N) is 1. The van der Waals surface area contributed by atoms with Gasteiger partial charge >= 0.3 is 10.1 Å². The summed E-state index contributed by atoms with van der Waals surface area (Å²) < 4.78 is 34.9. The molecule has 124 valence electrons. The summed E-state index contributed by atoms with van der Waals surface area (Å²) >= 11 is 0. The molecule has 0 aromatic heterocycles. The molecule has 0 atom stereocenters. The third-order valence-corrected chi connectivity index (χ3v) is 4.34. The predicted octanol–water partition coefficient (Wildman–Crippen LogP) is 3.20. The van der Waals surface area contributed by atoms with Gasteiger partial charge in [0.2, 0.25) is 0 Å². The van der Waals surface area contributed by atoms with Crippen LogP contribution in [0, 0.1) is 11.3 Å². The highest BCUT2D eigenvalue weighted by atomic mass is 32.2. The molecule has 0 unspecified atom stereocenters. The standard InChI is InChI=1S/C18H17NO4S/c1-3-5-14-8-9-17(18(11-14)22-2)23-24(20,21)13-16-7-4-6-15(10-16)12-19/h3-4,6-11H,1,5,13H2,2H3. The first kappa shape index (κ1) is 17.6. The van der Waals surface area contributed by atoms with Gasteiger partial charge in [-0.2, -0.15) is 13.7 Å². The molecule has 0 aliphatic carbocycles. The van der Waals surface area contributed by atoms with E-state index in [1.165, 1.54) is 13.2 Å². The Balaban J connectivity index is 2.22. The average molecular weight is 343 g/mol. The number of nitriles is 1. The van der Waals surface area contributed by atoms with Crippen LogP contribution < -0.4 is 8.92 Å². The topological polar surface area (TPSA) is 76.4 Å².